The molecule has 32 heavy (non-hydrogen) atoms. The molecule has 0 aliphatic carbocycles. The van der Waals surface area contributed by atoms with E-state index in [2.05, 4.69) is 10.6 Å². The molecule has 3 aromatic rings. The van der Waals surface area contributed by atoms with Gasteiger partial charge in [0, 0.05) is 11.3 Å². The first-order valence-electron chi connectivity index (χ1n) is 9.22. The average molecular weight is 453 g/mol. The molecule has 10 heteroatoms. The lowest BCUT2D eigenvalue weighted by Gasteiger charge is -2.11. The van der Waals surface area contributed by atoms with Gasteiger partial charge in [-0.25, -0.2) is 13.6 Å². The Hall–Kier alpha value is -4.02. The van der Waals surface area contributed by atoms with Gasteiger partial charge in [0.15, 0.2) is 0 Å². The zero-order valence-corrected chi connectivity index (χ0v) is 17.7. The van der Waals surface area contributed by atoms with Gasteiger partial charge in [0.1, 0.15) is 5.75 Å². The molecular weight excluding hydrogens is 434 g/mol. The molecule has 0 saturated heterocycles. The molecule has 0 aliphatic heterocycles. The van der Waals surface area contributed by atoms with Gasteiger partial charge >= 0.3 is 0 Å². The highest BCUT2D eigenvalue weighted by Gasteiger charge is 2.21. The Morgan fingerprint density at radius 3 is 2.06 bits per heavy atom. The standard InChI is InChI=1S/C22H19N3O6S/c1-31-16-10-6-14(7-11-16)21(27)25-19-5-3-2-4-18(19)20(26)22(28)24-15-8-12-17(13-9-15)32(23,29)30/h2-13H,1H3,(H,24,28)(H,25,27)(H2,23,29,30). The number of carbonyl (C=O) groups excluding carboxylic acids is 3. The van der Waals surface area contributed by atoms with Crippen LogP contribution in [-0.2, 0) is 14.8 Å². The molecule has 0 aromatic heterocycles. The van der Waals surface area contributed by atoms with E-state index in [-0.39, 0.29) is 21.8 Å². The molecule has 0 radical (unpaired) electrons. The molecule has 4 N–H and O–H groups in total. The number of amides is 2. The summed E-state index contributed by atoms with van der Waals surface area (Å²) in [7, 11) is -2.37. The van der Waals surface area contributed by atoms with Gasteiger partial charge in [-0.1, -0.05) is 12.1 Å². The Balaban J connectivity index is 1.75. The summed E-state index contributed by atoms with van der Waals surface area (Å²) in [4.78, 5) is 37.6. The number of hydrogen-bond donors (Lipinski definition) is 3. The van der Waals surface area contributed by atoms with Crippen molar-refractivity contribution >= 4 is 39.0 Å². The number of anilines is 2. The monoisotopic (exact) mass is 453 g/mol. The van der Waals surface area contributed by atoms with Crippen molar-refractivity contribution in [2.75, 3.05) is 17.7 Å². The van der Waals surface area contributed by atoms with Crippen LogP contribution in [0.4, 0.5) is 11.4 Å². The number of nitrogens with two attached hydrogens (primary N) is 1. The summed E-state index contributed by atoms with van der Waals surface area (Å²) in [6.07, 6.45) is 0. The van der Waals surface area contributed by atoms with E-state index < -0.39 is 27.6 Å². The van der Waals surface area contributed by atoms with Crippen molar-refractivity contribution in [3.63, 3.8) is 0 Å². The summed E-state index contributed by atoms with van der Waals surface area (Å²) in [5.41, 5.74) is 0.703. The van der Waals surface area contributed by atoms with Gasteiger partial charge < -0.3 is 15.4 Å². The van der Waals surface area contributed by atoms with E-state index in [1.165, 1.54) is 43.5 Å². The quantitative estimate of drug-likeness (QED) is 0.370. The molecule has 3 rings (SSSR count). The Morgan fingerprint density at radius 2 is 1.47 bits per heavy atom. The zero-order chi connectivity index (χ0) is 23.3. The molecule has 0 saturated carbocycles. The van der Waals surface area contributed by atoms with Gasteiger partial charge in [-0.15, -0.1) is 0 Å². The Labute approximate surface area is 184 Å². The number of sulfonamides is 1. The summed E-state index contributed by atoms with van der Waals surface area (Å²) >= 11 is 0. The predicted octanol–water partition coefficient (Wildman–Crippen LogP) is 2.42. The van der Waals surface area contributed by atoms with Crippen molar-refractivity contribution in [2.24, 2.45) is 5.14 Å². The van der Waals surface area contributed by atoms with Crippen LogP contribution in [0.2, 0.25) is 0 Å². The number of ketones is 1. The molecule has 0 aliphatic rings. The first-order chi connectivity index (χ1) is 15.2. The fourth-order valence-corrected chi connectivity index (χ4v) is 3.28. The number of ether oxygens (including phenoxy) is 1. The average Bonchev–Trinajstić information content (AvgIpc) is 2.78. The SMILES string of the molecule is COc1ccc(C(=O)Nc2ccccc2C(=O)C(=O)Nc2ccc(S(N)(=O)=O)cc2)cc1. The van der Waals surface area contributed by atoms with Crippen LogP contribution in [0.3, 0.4) is 0 Å². The third-order valence-electron chi connectivity index (χ3n) is 4.42. The van der Waals surface area contributed by atoms with E-state index in [1.807, 2.05) is 0 Å². The van der Waals surface area contributed by atoms with Crippen LogP contribution in [-0.4, -0.2) is 33.1 Å². The molecule has 0 unspecified atom stereocenters. The molecule has 0 fully saturated rings. The summed E-state index contributed by atoms with van der Waals surface area (Å²) in [5, 5.41) is 10.1. The number of primary sulfonamides is 1. The Morgan fingerprint density at radius 1 is 0.844 bits per heavy atom. The molecule has 0 heterocycles. The molecule has 0 spiro atoms. The van der Waals surface area contributed by atoms with Crippen molar-refractivity contribution in [3.8, 4) is 5.75 Å². The second-order valence-electron chi connectivity index (χ2n) is 6.58. The van der Waals surface area contributed by atoms with Crippen molar-refractivity contribution < 1.29 is 27.5 Å². The van der Waals surface area contributed by atoms with Gasteiger partial charge in [0.25, 0.3) is 17.6 Å². The van der Waals surface area contributed by atoms with Gasteiger partial charge in [0.2, 0.25) is 10.0 Å². The normalized spacial score (nSPS) is 10.8. The summed E-state index contributed by atoms with van der Waals surface area (Å²) in [5.74, 6) is -1.72. The summed E-state index contributed by atoms with van der Waals surface area (Å²) in [6, 6.07) is 17.5. The minimum atomic E-state index is -3.88. The van der Waals surface area contributed by atoms with E-state index in [4.69, 9.17) is 9.88 Å². The largest absolute Gasteiger partial charge is 0.497 e. The number of nitrogens with one attached hydrogen (secondary N) is 2. The third-order valence-corrected chi connectivity index (χ3v) is 5.35. The first-order valence-corrected chi connectivity index (χ1v) is 10.8. The Bertz CT molecular complexity index is 1270. The van der Waals surface area contributed by atoms with Crippen LogP contribution in [0.15, 0.2) is 77.7 Å². The molecular formula is C22H19N3O6S. The van der Waals surface area contributed by atoms with Crippen molar-refractivity contribution in [1.29, 1.82) is 0 Å². The van der Waals surface area contributed by atoms with Crippen LogP contribution < -0.4 is 20.5 Å². The van der Waals surface area contributed by atoms with E-state index in [9.17, 15) is 22.8 Å². The van der Waals surface area contributed by atoms with Crippen LogP contribution in [0.25, 0.3) is 0 Å². The van der Waals surface area contributed by atoms with Crippen molar-refractivity contribution in [1.82, 2.24) is 0 Å². The molecule has 3 aromatic carbocycles. The second kappa shape index (κ2) is 9.41. The van der Waals surface area contributed by atoms with Crippen LogP contribution in [0.1, 0.15) is 20.7 Å². The third kappa shape index (κ3) is 5.36. The molecule has 2 amide bonds. The Kier molecular flexibility index (Phi) is 6.67. The smallest absolute Gasteiger partial charge is 0.296 e. The van der Waals surface area contributed by atoms with Gasteiger partial charge in [-0.2, -0.15) is 0 Å². The predicted molar refractivity (Wildman–Crippen MR) is 118 cm³/mol. The first kappa shape index (κ1) is 22.7. The molecule has 0 atom stereocenters. The van der Waals surface area contributed by atoms with Gasteiger partial charge in [0.05, 0.1) is 23.3 Å². The zero-order valence-electron chi connectivity index (χ0n) is 16.9. The minimum absolute atomic E-state index is 0.00646. The molecule has 164 valence electrons. The molecule has 9 nitrogen and oxygen atoms in total. The van der Waals surface area contributed by atoms with Crippen molar-refractivity contribution in [3.05, 3.63) is 83.9 Å². The molecule has 0 bridgehead atoms. The summed E-state index contributed by atoms with van der Waals surface area (Å²) in [6.45, 7) is 0. The maximum absolute atomic E-state index is 12.7. The van der Waals surface area contributed by atoms with E-state index in [0.717, 1.165) is 0 Å². The number of para-hydroxylation sites is 1. The maximum Gasteiger partial charge on any atom is 0.296 e. The lowest BCUT2D eigenvalue weighted by atomic mass is 10.1. The van der Waals surface area contributed by atoms with Gasteiger partial charge in [-0.05, 0) is 60.7 Å². The van der Waals surface area contributed by atoms with E-state index in [1.54, 1.807) is 36.4 Å². The van der Waals surface area contributed by atoms with Gasteiger partial charge in [-0.3, -0.25) is 14.4 Å². The van der Waals surface area contributed by atoms with Crippen LogP contribution in [0.5, 0.6) is 5.75 Å². The number of rotatable bonds is 7. The highest BCUT2D eigenvalue weighted by Crippen LogP contribution is 2.19. The number of Topliss-reactive ketones (excluding diaryl/α,β-unsaturated/α-hetero) is 1. The fourth-order valence-electron chi connectivity index (χ4n) is 2.77. The van der Waals surface area contributed by atoms with Crippen molar-refractivity contribution in [2.45, 2.75) is 4.90 Å². The van der Waals surface area contributed by atoms with E-state index in [0.29, 0.717) is 11.3 Å². The number of carbonyl (C=O) groups is 3. The number of hydrogen-bond acceptors (Lipinski definition) is 6. The summed E-state index contributed by atoms with van der Waals surface area (Å²) < 4.78 is 27.7. The number of methoxy groups -OCH3 is 1. The lowest BCUT2D eigenvalue weighted by Crippen LogP contribution is -2.24. The number of benzene rings is 3. The second-order valence-corrected chi connectivity index (χ2v) is 8.14. The highest BCUT2D eigenvalue weighted by molar-refractivity contribution is 7.89. The van der Waals surface area contributed by atoms with Crippen LogP contribution >= 0.6 is 0 Å². The lowest BCUT2D eigenvalue weighted by molar-refractivity contribution is -0.112. The van der Waals surface area contributed by atoms with E-state index >= 15 is 0 Å². The topological polar surface area (TPSA) is 145 Å². The minimum Gasteiger partial charge on any atom is -0.497 e. The van der Waals surface area contributed by atoms with Crippen LogP contribution in [0, 0.1) is 0 Å². The maximum atomic E-state index is 12.7. The highest BCUT2D eigenvalue weighted by atomic mass is 32.2. The fraction of sp³-hybridized carbons (Fsp3) is 0.0455.